The van der Waals surface area contributed by atoms with Gasteiger partial charge in [-0.2, -0.15) is 0 Å². The van der Waals surface area contributed by atoms with Crippen LogP contribution in [0.5, 0.6) is 5.75 Å². The molecule has 26 heavy (non-hydrogen) atoms. The zero-order valence-corrected chi connectivity index (χ0v) is 16.3. The second-order valence-electron chi connectivity index (χ2n) is 8.86. The molecule has 1 heterocycles. The second kappa shape index (κ2) is 6.23. The van der Waals surface area contributed by atoms with E-state index in [9.17, 15) is 9.59 Å². The lowest BCUT2D eigenvalue weighted by Gasteiger charge is -2.27. The fourth-order valence-corrected chi connectivity index (χ4v) is 3.51. The summed E-state index contributed by atoms with van der Waals surface area (Å²) >= 11 is 0. The van der Waals surface area contributed by atoms with Crippen LogP contribution in [0.3, 0.4) is 0 Å². The van der Waals surface area contributed by atoms with Crippen LogP contribution >= 0.6 is 0 Å². The molecule has 0 aromatic heterocycles. The summed E-state index contributed by atoms with van der Waals surface area (Å²) in [7, 11) is 0. The summed E-state index contributed by atoms with van der Waals surface area (Å²) < 4.78 is 12.2. The number of hydrogen-bond acceptors (Lipinski definition) is 4. The van der Waals surface area contributed by atoms with Crippen molar-refractivity contribution in [3.63, 3.8) is 0 Å². The van der Waals surface area contributed by atoms with Crippen molar-refractivity contribution in [1.29, 1.82) is 0 Å². The summed E-state index contributed by atoms with van der Waals surface area (Å²) in [5.74, 6) is 0.228. The molecule has 3 rings (SSSR count). The Labute approximate surface area is 155 Å². The maximum absolute atomic E-state index is 12.2. The van der Waals surface area contributed by atoms with E-state index in [-0.39, 0.29) is 35.2 Å². The average Bonchev–Trinajstić information content (AvgIpc) is 2.96. The Balaban J connectivity index is 1.98. The number of benzene rings is 1. The minimum atomic E-state index is -0.338. The van der Waals surface area contributed by atoms with Gasteiger partial charge < -0.3 is 9.47 Å². The van der Waals surface area contributed by atoms with Crippen LogP contribution < -0.4 is 4.74 Å². The molecule has 1 aliphatic heterocycles. The minimum Gasteiger partial charge on any atom is -0.488 e. The van der Waals surface area contributed by atoms with E-state index >= 15 is 0 Å². The van der Waals surface area contributed by atoms with Gasteiger partial charge in [0.25, 0.3) is 11.8 Å². The van der Waals surface area contributed by atoms with Gasteiger partial charge in [-0.15, -0.1) is 0 Å². The summed E-state index contributed by atoms with van der Waals surface area (Å²) in [6.45, 7) is 12.0. The quantitative estimate of drug-likeness (QED) is 0.765. The van der Waals surface area contributed by atoms with Crippen LogP contribution in [-0.2, 0) is 14.3 Å². The molecule has 0 bridgehead atoms. The van der Waals surface area contributed by atoms with Crippen molar-refractivity contribution in [3.8, 4) is 5.75 Å². The van der Waals surface area contributed by atoms with Crippen molar-refractivity contribution < 1.29 is 19.1 Å². The first-order chi connectivity index (χ1) is 11.9. The van der Waals surface area contributed by atoms with Crippen molar-refractivity contribution in [2.24, 2.45) is 0 Å². The van der Waals surface area contributed by atoms with E-state index in [4.69, 9.17) is 9.47 Å². The van der Waals surface area contributed by atoms with Crippen molar-refractivity contribution >= 4 is 11.8 Å². The normalized spacial score (nSPS) is 22.9. The number of amides is 2. The second-order valence-corrected chi connectivity index (χ2v) is 8.86. The zero-order chi connectivity index (χ0) is 19.3. The van der Waals surface area contributed by atoms with Crippen LogP contribution in [0.4, 0.5) is 0 Å². The van der Waals surface area contributed by atoms with Crippen LogP contribution in [0.1, 0.15) is 71.2 Å². The molecule has 0 unspecified atom stereocenters. The van der Waals surface area contributed by atoms with Crippen LogP contribution in [0, 0.1) is 0 Å². The molecule has 1 aromatic carbocycles. The van der Waals surface area contributed by atoms with Gasteiger partial charge in [-0.05, 0) is 64.8 Å². The standard InChI is InChI=1S/C21H27NO4/c1-20(2,3)25-13-7-8-14-15(11-13)17(26-21(4,5)6)12-16(14)22-18(23)9-10-19(22)24/h7-11,16-17H,12H2,1-6H3/t16-,17-/m0/s1. The third kappa shape index (κ3) is 3.83. The van der Waals surface area contributed by atoms with Gasteiger partial charge >= 0.3 is 0 Å². The minimum absolute atomic E-state index is 0.195. The molecule has 0 saturated heterocycles. The third-order valence-corrected chi connectivity index (χ3v) is 4.28. The molecular weight excluding hydrogens is 330 g/mol. The van der Waals surface area contributed by atoms with Gasteiger partial charge in [-0.25, -0.2) is 0 Å². The van der Waals surface area contributed by atoms with Gasteiger partial charge in [-0.1, -0.05) is 6.07 Å². The van der Waals surface area contributed by atoms with Gasteiger partial charge in [0, 0.05) is 18.6 Å². The summed E-state index contributed by atoms with van der Waals surface area (Å²) in [5.41, 5.74) is 1.29. The lowest BCUT2D eigenvalue weighted by Crippen LogP contribution is -2.33. The molecule has 1 aromatic rings. The molecule has 2 aliphatic rings. The van der Waals surface area contributed by atoms with Crippen LogP contribution in [-0.4, -0.2) is 27.9 Å². The molecule has 1 aliphatic carbocycles. The Morgan fingerprint density at radius 2 is 1.54 bits per heavy atom. The van der Waals surface area contributed by atoms with Crippen molar-refractivity contribution in [3.05, 3.63) is 41.5 Å². The summed E-state index contributed by atoms with van der Waals surface area (Å²) in [4.78, 5) is 25.7. The number of fused-ring (bicyclic) bond motifs is 1. The van der Waals surface area contributed by atoms with Crippen molar-refractivity contribution in [2.45, 2.75) is 71.3 Å². The number of ether oxygens (including phenoxy) is 2. The first kappa shape index (κ1) is 18.6. The SMILES string of the molecule is CC(C)(C)Oc1ccc2c(c1)[C@@H](OC(C)(C)C)C[C@@H]2N1C(=O)C=CC1=O. The molecular formula is C21H27NO4. The fourth-order valence-electron chi connectivity index (χ4n) is 3.51. The van der Waals surface area contributed by atoms with Crippen LogP contribution in [0.25, 0.3) is 0 Å². The van der Waals surface area contributed by atoms with E-state index in [0.29, 0.717) is 6.42 Å². The Hall–Kier alpha value is -2.14. The molecule has 0 N–H and O–H groups in total. The zero-order valence-electron chi connectivity index (χ0n) is 16.3. The van der Waals surface area contributed by atoms with Gasteiger partial charge in [0.2, 0.25) is 0 Å². The summed E-state index contributed by atoms with van der Waals surface area (Å²) in [6, 6.07) is 5.52. The van der Waals surface area contributed by atoms with Gasteiger partial charge in [0.1, 0.15) is 11.4 Å². The number of carbonyl (C=O) groups excluding carboxylic acids is 2. The Kier molecular flexibility index (Phi) is 4.47. The highest BCUT2D eigenvalue weighted by Crippen LogP contribution is 2.47. The van der Waals surface area contributed by atoms with E-state index in [2.05, 4.69) is 0 Å². The highest BCUT2D eigenvalue weighted by molar-refractivity contribution is 6.13. The average molecular weight is 357 g/mol. The summed E-state index contributed by atoms with van der Waals surface area (Å²) in [5, 5.41) is 0. The van der Waals surface area contributed by atoms with Crippen molar-refractivity contribution in [2.75, 3.05) is 0 Å². The lowest BCUT2D eigenvalue weighted by atomic mass is 10.1. The Morgan fingerprint density at radius 1 is 0.923 bits per heavy atom. The maximum atomic E-state index is 12.2. The van der Waals surface area contributed by atoms with E-state index in [1.165, 1.54) is 17.1 Å². The highest BCUT2D eigenvalue weighted by Gasteiger charge is 2.42. The highest BCUT2D eigenvalue weighted by atomic mass is 16.5. The van der Waals surface area contributed by atoms with E-state index in [1.807, 2.05) is 59.7 Å². The Morgan fingerprint density at radius 3 is 2.08 bits per heavy atom. The van der Waals surface area contributed by atoms with Crippen LogP contribution in [0.2, 0.25) is 0 Å². The molecule has 0 spiro atoms. The first-order valence-corrected chi connectivity index (χ1v) is 9.00. The van der Waals surface area contributed by atoms with E-state index < -0.39 is 0 Å². The number of nitrogens with zero attached hydrogens (tertiary/aromatic N) is 1. The van der Waals surface area contributed by atoms with Crippen molar-refractivity contribution in [1.82, 2.24) is 4.90 Å². The predicted octanol–water partition coefficient (Wildman–Crippen LogP) is 4.09. The van der Waals surface area contributed by atoms with E-state index in [0.717, 1.165) is 16.9 Å². The van der Waals surface area contributed by atoms with Gasteiger partial charge in [0.15, 0.2) is 0 Å². The Bertz CT molecular complexity index is 749. The molecule has 0 radical (unpaired) electrons. The number of rotatable bonds is 3. The molecule has 5 heteroatoms. The first-order valence-electron chi connectivity index (χ1n) is 9.00. The third-order valence-electron chi connectivity index (χ3n) is 4.28. The molecule has 2 amide bonds. The number of imide groups is 1. The topological polar surface area (TPSA) is 55.8 Å². The van der Waals surface area contributed by atoms with Gasteiger partial charge in [-0.3, -0.25) is 14.5 Å². The number of carbonyl (C=O) groups is 2. The van der Waals surface area contributed by atoms with Crippen LogP contribution in [0.15, 0.2) is 30.4 Å². The monoisotopic (exact) mass is 357 g/mol. The molecule has 0 fully saturated rings. The molecule has 0 saturated carbocycles. The maximum Gasteiger partial charge on any atom is 0.254 e. The largest absolute Gasteiger partial charge is 0.488 e. The lowest BCUT2D eigenvalue weighted by molar-refractivity contribution is -0.140. The fraction of sp³-hybridized carbons (Fsp3) is 0.524. The number of hydrogen-bond donors (Lipinski definition) is 0. The predicted molar refractivity (Wildman–Crippen MR) is 98.8 cm³/mol. The van der Waals surface area contributed by atoms with E-state index in [1.54, 1.807) is 0 Å². The van der Waals surface area contributed by atoms with Gasteiger partial charge in [0.05, 0.1) is 17.7 Å². The molecule has 5 nitrogen and oxygen atoms in total. The molecule has 140 valence electrons. The molecule has 2 atom stereocenters. The summed E-state index contributed by atoms with van der Waals surface area (Å²) in [6.07, 6.45) is 3.03. The smallest absolute Gasteiger partial charge is 0.254 e.